The van der Waals surface area contributed by atoms with Gasteiger partial charge in [-0.1, -0.05) is 20.8 Å². The molecule has 1 aromatic rings. The molecule has 7 heteroatoms. The third-order valence-corrected chi connectivity index (χ3v) is 4.99. The summed E-state index contributed by atoms with van der Waals surface area (Å²) in [5.74, 6) is 0.133. The second-order valence-corrected chi connectivity index (χ2v) is 6.13. The van der Waals surface area contributed by atoms with Crippen molar-refractivity contribution in [2.45, 2.75) is 46.6 Å². The summed E-state index contributed by atoms with van der Waals surface area (Å²) in [6.45, 7) is 7.15. The molecular formula is C14H27Cl2N3OS. The summed E-state index contributed by atoms with van der Waals surface area (Å²) in [5.41, 5.74) is 5.41. The summed E-state index contributed by atoms with van der Waals surface area (Å²) in [5, 5.41) is 0.992. The van der Waals surface area contributed by atoms with Gasteiger partial charge < -0.3 is 10.6 Å². The van der Waals surface area contributed by atoms with Crippen molar-refractivity contribution in [3.05, 3.63) is 16.1 Å². The largest absolute Gasteiger partial charge is 0.338 e. The summed E-state index contributed by atoms with van der Waals surface area (Å²) >= 11 is 1.68. The van der Waals surface area contributed by atoms with Crippen LogP contribution in [0.2, 0.25) is 0 Å². The second-order valence-electron chi connectivity index (χ2n) is 4.93. The van der Waals surface area contributed by atoms with Crippen LogP contribution >= 0.6 is 36.2 Å². The van der Waals surface area contributed by atoms with Gasteiger partial charge in [0.2, 0.25) is 5.91 Å². The summed E-state index contributed by atoms with van der Waals surface area (Å²) in [6.07, 6.45) is 4.45. The van der Waals surface area contributed by atoms with E-state index in [1.54, 1.807) is 16.2 Å². The number of carbonyl (C=O) groups excluding carboxylic acids is 1. The molecule has 0 bridgehead atoms. The zero-order chi connectivity index (χ0) is 14.5. The molecule has 2 N–H and O–H groups in total. The molecule has 1 aromatic heterocycles. The van der Waals surface area contributed by atoms with E-state index in [4.69, 9.17) is 5.73 Å². The fraction of sp³-hybridized carbons (Fsp3) is 0.714. The average Bonchev–Trinajstić information content (AvgIpc) is 2.88. The van der Waals surface area contributed by atoms with Crippen molar-refractivity contribution in [1.82, 2.24) is 9.88 Å². The van der Waals surface area contributed by atoms with Crippen LogP contribution in [-0.2, 0) is 17.8 Å². The zero-order valence-electron chi connectivity index (χ0n) is 13.2. The molecule has 0 aliphatic rings. The van der Waals surface area contributed by atoms with Crippen LogP contribution < -0.4 is 5.73 Å². The van der Waals surface area contributed by atoms with Gasteiger partial charge in [-0.2, -0.15) is 0 Å². The van der Waals surface area contributed by atoms with Gasteiger partial charge in [0.1, 0.15) is 5.01 Å². The van der Waals surface area contributed by atoms with Crippen LogP contribution in [0.1, 0.15) is 43.5 Å². The summed E-state index contributed by atoms with van der Waals surface area (Å²) in [4.78, 5) is 19.9. The Balaban J connectivity index is 0. The Kier molecular flexibility index (Phi) is 11.3. The van der Waals surface area contributed by atoms with E-state index in [-0.39, 0.29) is 30.7 Å². The standard InChI is InChI=1S/C14H25N3OS.2ClH/c1-5-11-8-16-12(19-11)9-17(4)13(18)14(6-2,7-3)10-15;;/h8H,5-7,9-10,15H2,1-4H3;2*1H. The number of thiazole rings is 1. The van der Waals surface area contributed by atoms with Crippen LogP contribution in [0.4, 0.5) is 0 Å². The number of amides is 1. The van der Waals surface area contributed by atoms with Crippen molar-refractivity contribution in [3.63, 3.8) is 0 Å². The van der Waals surface area contributed by atoms with Gasteiger partial charge >= 0.3 is 0 Å². The Morgan fingerprint density at radius 1 is 1.33 bits per heavy atom. The summed E-state index contributed by atoms with van der Waals surface area (Å²) in [6, 6.07) is 0. The van der Waals surface area contributed by atoms with E-state index in [1.165, 1.54) is 4.88 Å². The van der Waals surface area contributed by atoms with Crippen molar-refractivity contribution < 1.29 is 4.79 Å². The van der Waals surface area contributed by atoms with Crippen molar-refractivity contribution in [1.29, 1.82) is 0 Å². The number of nitrogens with two attached hydrogens (primary N) is 1. The number of aryl methyl sites for hydroxylation is 1. The molecule has 0 spiro atoms. The van der Waals surface area contributed by atoms with E-state index in [2.05, 4.69) is 11.9 Å². The number of halogens is 2. The second kappa shape index (κ2) is 10.4. The first-order valence-electron chi connectivity index (χ1n) is 6.92. The highest BCUT2D eigenvalue weighted by Crippen LogP contribution is 2.28. The molecule has 0 saturated carbocycles. The first-order chi connectivity index (χ1) is 9.02. The van der Waals surface area contributed by atoms with E-state index in [0.717, 1.165) is 24.3 Å². The van der Waals surface area contributed by atoms with Crippen LogP contribution in [0, 0.1) is 5.41 Å². The minimum atomic E-state index is -0.417. The number of rotatable bonds is 7. The highest BCUT2D eigenvalue weighted by atomic mass is 35.5. The lowest BCUT2D eigenvalue weighted by molar-refractivity contribution is -0.141. The van der Waals surface area contributed by atoms with Crippen molar-refractivity contribution >= 4 is 42.1 Å². The maximum atomic E-state index is 12.6. The molecule has 0 aromatic carbocycles. The molecule has 0 aliphatic heterocycles. The Bertz CT molecular complexity index is 414. The molecule has 1 heterocycles. The third kappa shape index (κ3) is 5.40. The van der Waals surface area contributed by atoms with E-state index < -0.39 is 5.41 Å². The van der Waals surface area contributed by atoms with Gasteiger partial charge in [0.05, 0.1) is 12.0 Å². The molecule has 0 aliphatic carbocycles. The SMILES string of the molecule is CCc1cnc(CN(C)C(=O)C(CC)(CC)CN)s1.Cl.Cl. The average molecular weight is 356 g/mol. The molecule has 1 rings (SSSR count). The van der Waals surface area contributed by atoms with Gasteiger partial charge in [0, 0.05) is 24.7 Å². The Labute approximate surface area is 144 Å². The molecule has 0 fully saturated rings. The van der Waals surface area contributed by atoms with Crippen LogP contribution in [0.5, 0.6) is 0 Å². The predicted molar refractivity (Wildman–Crippen MR) is 94.5 cm³/mol. The lowest BCUT2D eigenvalue weighted by Gasteiger charge is -2.32. The van der Waals surface area contributed by atoms with Crippen molar-refractivity contribution in [2.75, 3.05) is 13.6 Å². The number of hydrogen-bond donors (Lipinski definition) is 1. The van der Waals surface area contributed by atoms with Crippen molar-refractivity contribution in [2.24, 2.45) is 11.1 Å². The monoisotopic (exact) mass is 355 g/mol. The molecule has 4 nitrogen and oxygen atoms in total. The Morgan fingerprint density at radius 2 is 1.90 bits per heavy atom. The maximum absolute atomic E-state index is 12.6. The van der Waals surface area contributed by atoms with E-state index >= 15 is 0 Å². The molecular weight excluding hydrogens is 329 g/mol. The van der Waals surface area contributed by atoms with Gasteiger partial charge in [0.15, 0.2) is 0 Å². The van der Waals surface area contributed by atoms with Gasteiger partial charge in [-0.25, -0.2) is 4.98 Å². The zero-order valence-corrected chi connectivity index (χ0v) is 15.7. The van der Waals surface area contributed by atoms with Gasteiger partial charge in [-0.05, 0) is 19.3 Å². The van der Waals surface area contributed by atoms with Gasteiger partial charge in [-0.3, -0.25) is 4.79 Å². The third-order valence-electron chi connectivity index (χ3n) is 3.87. The van der Waals surface area contributed by atoms with E-state index in [9.17, 15) is 4.79 Å². The van der Waals surface area contributed by atoms with Crippen LogP contribution in [0.25, 0.3) is 0 Å². The summed E-state index contributed by atoms with van der Waals surface area (Å²) in [7, 11) is 1.84. The van der Waals surface area contributed by atoms with Crippen LogP contribution in [0.3, 0.4) is 0 Å². The molecule has 1 amide bonds. The maximum Gasteiger partial charge on any atom is 0.230 e. The Morgan fingerprint density at radius 3 is 2.29 bits per heavy atom. The van der Waals surface area contributed by atoms with E-state index in [1.807, 2.05) is 27.1 Å². The highest BCUT2D eigenvalue weighted by molar-refractivity contribution is 7.11. The van der Waals surface area contributed by atoms with Gasteiger partial charge in [0.25, 0.3) is 0 Å². The fourth-order valence-electron chi connectivity index (χ4n) is 2.19. The molecule has 0 unspecified atom stereocenters. The molecule has 124 valence electrons. The molecule has 21 heavy (non-hydrogen) atoms. The van der Waals surface area contributed by atoms with Gasteiger partial charge in [-0.15, -0.1) is 36.2 Å². The highest BCUT2D eigenvalue weighted by Gasteiger charge is 2.35. The minimum absolute atomic E-state index is 0. The van der Waals surface area contributed by atoms with Crippen molar-refractivity contribution in [3.8, 4) is 0 Å². The molecule has 0 saturated heterocycles. The smallest absolute Gasteiger partial charge is 0.230 e. The first kappa shape index (κ1) is 22.9. The molecule has 0 radical (unpaired) electrons. The fourth-order valence-corrected chi connectivity index (χ4v) is 3.11. The normalized spacial score (nSPS) is 10.5. The minimum Gasteiger partial charge on any atom is -0.338 e. The quantitative estimate of drug-likeness (QED) is 0.816. The summed E-state index contributed by atoms with van der Waals surface area (Å²) < 4.78 is 0. The molecule has 0 atom stereocenters. The number of aromatic nitrogens is 1. The first-order valence-corrected chi connectivity index (χ1v) is 7.73. The number of nitrogens with zero attached hydrogens (tertiary/aromatic N) is 2. The lowest BCUT2D eigenvalue weighted by Crippen LogP contribution is -2.45. The topological polar surface area (TPSA) is 59.2 Å². The van der Waals surface area contributed by atoms with Crippen LogP contribution in [-0.4, -0.2) is 29.4 Å². The number of carbonyl (C=O) groups is 1. The number of hydrogen-bond acceptors (Lipinski definition) is 4. The van der Waals surface area contributed by atoms with Crippen LogP contribution in [0.15, 0.2) is 6.20 Å². The predicted octanol–water partition coefficient (Wildman–Crippen LogP) is 3.27. The lowest BCUT2D eigenvalue weighted by atomic mass is 9.81. The Hall–Kier alpha value is -0.360. The van der Waals surface area contributed by atoms with E-state index in [0.29, 0.717) is 13.1 Å².